The summed E-state index contributed by atoms with van der Waals surface area (Å²) in [6.45, 7) is 0.0895. The first-order valence-corrected chi connectivity index (χ1v) is 7.62. The Hall–Kier alpha value is -2.18. The van der Waals surface area contributed by atoms with Crippen molar-refractivity contribution in [3.8, 4) is 5.75 Å². The van der Waals surface area contributed by atoms with Gasteiger partial charge in [-0.25, -0.2) is 0 Å². The van der Waals surface area contributed by atoms with Gasteiger partial charge in [-0.1, -0.05) is 29.3 Å². The van der Waals surface area contributed by atoms with Gasteiger partial charge in [0.15, 0.2) is 0 Å². The van der Waals surface area contributed by atoms with Gasteiger partial charge < -0.3 is 9.84 Å². The molecule has 25 heavy (non-hydrogen) atoms. The van der Waals surface area contributed by atoms with Crippen LogP contribution < -0.4 is 4.74 Å². The minimum atomic E-state index is -5.04. The Morgan fingerprint density at radius 2 is 1.64 bits per heavy atom. The third kappa shape index (κ3) is 5.14. The zero-order valence-corrected chi connectivity index (χ0v) is 14.0. The van der Waals surface area contributed by atoms with E-state index in [1.54, 1.807) is 18.2 Å². The van der Waals surface area contributed by atoms with Crippen LogP contribution in [0.4, 0.5) is 13.2 Å². The average Bonchev–Trinajstić information content (AvgIpc) is 2.54. The van der Waals surface area contributed by atoms with Gasteiger partial charge in [0.2, 0.25) is 0 Å². The lowest BCUT2D eigenvalue weighted by Gasteiger charge is -2.10. The molecule has 2 aromatic carbocycles. The molecule has 0 amide bonds. The zero-order chi connectivity index (χ0) is 18.6. The molecule has 0 radical (unpaired) electrons. The molecule has 1 N–H and O–H groups in total. The Balaban J connectivity index is 2.07. The van der Waals surface area contributed by atoms with Crippen molar-refractivity contribution in [2.45, 2.75) is 12.8 Å². The molecule has 0 heterocycles. The summed E-state index contributed by atoms with van der Waals surface area (Å²) < 4.78 is 42.0. The molecule has 0 aromatic heterocycles. The van der Waals surface area contributed by atoms with Gasteiger partial charge in [0, 0.05) is 27.2 Å². The van der Waals surface area contributed by atoms with Crippen molar-refractivity contribution in [1.82, 2.24) is 0 Å². The molecule has 0 aliphatic heterocycles. The number of benzene rings is 2. The average molecular weight is 391 g/mol. The minimum absolute atomic E-state index is 0.0423. The van der Waals surface area contributed by atoms with Gasteiger partial charge in [-0.15, -0.1) is 0 Å². The molecular weight excluding hydrogens is 380 g/mol. The Morgan fingerprint density at radius 1 is 1.08 bits per heavy atom. The number of rotatable bonds is 5. The first-order valence-electron chi connectivity index (χ1n) is 6.86. The highest BCUT2D eigenvalue weighted by molar-refractivity contribution is 6.35. The van der Waals surface area contributed by atoms with Gasteiger partial charge in [-0.2, -0.15) is 13.2 Å². The van der Waals surface area contributed by atoms with E-state index in [0.717, 1.165) is 0 Å². The molecule has 0 unspecified atom stereocenters. The number of carbonyl (C=O) groups excluding carboxylic acids is 1. The minimum Gasteiger partial charge on any atom is -0.507 e. The van der Waals surface area contributed by atoms with Crippen LogP contribution in [0.2, 0.25) is 10.0 Å². The summed E-state index contributed by atoms with van der Waals surface area (Å²) in [7, 11) is 0. The van der Waals surface area contributed by atoms with Gasteiger partial charge >= 0.3 is 6.18 Å². The van der Waals surface area contributed by atoms with Crippen molar-refractivity contribution in [3.63, 3.8) is 0 Å². The number of hydrogen-bond donors (Lipinski definition) is 1. The van der Waals surface area contributed by atoms with Crippen LogP contribution in [0.25, 0.3) is 5.76 Å². The second kappa shape index (κ2) is 7.80. The fraction of sp³-hybridized carbons (Fsp3) is 0.118. The van der Waals surface area contributed by atoms with Gasteiger partial charge in [0.1, 0.15) is 18.1 Å². The van der Waals surface area contributed by atoms with E-state index in [4.69, 9.17) is 27.9 Å². The number of aliphatic hydroxyl groups is 1. The van der Waals surface area contributed by atoms with E-state index in [1.807, 2.05) is 0 Å². The Morgan fingerprint density at radius 3 is 2.16 bits per heavy atom. The van der Waals surface area contributed by atoms with Crippen LogP contribution in [0, 0.1) is 0 Å². The number of ether oxygens (including phenoxy) is 1. The molecule has 132 valence electrons. The van der Waals surface area contributed by atoms with E-state index in [9.17, 15) is 23.1 Å². The van der Waals surface area contributed by atoms with Crippen LogP contribution in [-0.2, 0) is 11.4 Å². The molecule has 0 aliphatic rings. The molecule has 3 nitrogen and oxygen atoms in total. The summed E-state index contributed by atoms with van der Waals surface area (Å²) in [6.07, 6.45) is -4.91. The maximum atomic E-state index is 12.2. The van der Waals surface area contributed by atoms with Crippen molar-refractivity contribution in [2.24, 2.45) is 0 Å². The maximum absolute atomic E-state index is 12.2. The summed E-state index contributed by atoms with van der Waals surface area (Å²) in [4.78, 5) is 10.8. The highest BCUT2D eigenvalue weighted by atomic mass is 35.5. The highest BCUT2D eigenvalue weighted by Gasteiger charge is 2.37. The number of halogens is 5. The van der Waals surface area contributed by atoms with Gasteiger partial charge in [-0.3, -0.25) is 4.79 Å². The van der Waals surface area contributed by atoms with Crippen molar-refractivity contribution in [3.05, 3.63) is 69.7 Å². The molecule has 0 fully saturated rings. The fourth-order valence-corrected chi connectivity index (χ4v) is 2.34. The summed E-state index contributed by atoms with van der Waals surface area (Å²) in [5, 5.41) is 10.5. The number of aliphatic hydroxyl groups excluding tert-OH is 1. The van der Waals surface area contributed by atoms with E-state index in [-0.39, 0.29) is 18.2 Å². The van der Waals surface area contributed by atoms with Crippen LogP contribution in [-0.4, -0.2) is 17.1 Å². The van der Waals surface area contributed by atoms with Gasteiger partial charge in [0.05, 0.1) is 0 Å². The predicted octanol–water partition coefficient (Wildman–Crippen LogP) is 5.60. The second-order valence-corrected chi connectivity index (χ2v) is 5.72. The molecule has 0 spiro atoms. The lowest BCUT2D eigenvalue weighted by molar-refractivity contribution is -0.165. The lowest BCUT2D eigenvalue weighted by Crippen LogP contribution is -2.20. The summed E-state index contributed by atoms with van der Waals surface area (Å²) >= 11 is 12.0. The molecule has 0 aliphatic carbocycles. The Bertz CT molecular complexity index is 780. The third-order valence-corrected chi connectivity index (χ3v) is 3.85. The largest absolute Gasteiger partial charge is 0.507 e. The molecular formula is C17H11Cl2F3O3. The van der Waals surface area contributed by atoms with Crippen LogP contribution in [0.3, 0.4) is 0 Å². The smallest absolute Gasteiger partial charge is 0.454 e. The van der Waals surface area contributed by atoms with Crippen molar-refractivity contribution >= 4 is 34.7 Å². The van der Waals surface area contributed by atoms with Crippen LogP contribution in [0.5, 0.6) is 5.75 Å². The number of alkyl halides is 3. The molecule has 0 atom stereocenters. The van der Waals surface area contributed by atoms with Crippen LogP contribution >= 0.6 is 23.2 Å². The van der Waals surface area contributed by atoms with E-state index < -0.39 is 17.7 Å². The first-order chi connectivity index (χ1) is 11.7. The Labute approximate surface area is 151 Å². The second-order valence-electron chi connectivity index (χ2n) is 4.90. The van der Waals surface area contributed by atoms with E-state index in [2.05, 4.69) is 0 Å². The third-order valence-electron chi connectivity index (χ3n) is 3.14. The summed E-state index contributed by atoms with van der Waals surface area (Å²) in [5.74, 6) is -2.55. The molecule has 8 heteroatoms. The molecule has 0 bridgehead atoms. The Kier molecular flexibility index (Phi) is 5.98. The molecule has 2 rings (SSSR count). The number of allylic oxidation sites excluding steroid dienone is 1. The SMILES string of the molecule is O=C(C=C(O)c1ccc(OCc2c(Cl)cccc2Cl)cc1)C(F)(F)F. The highest BCUT2D eigenvalue weighted by Crippen LogP contribution is 2.26. The van der Waals surface area contributed by atoms with Crippen LogP contribution in [0.1, 0.15) is 11.1 Å². The van der Waals surface area contributed by atoms with Crippen molar-refractivity contribution < 1.29 is 27.8 Å². The number of carbonyl (C=O) groups is 1. The zero-order valence-electron chi connectivity index (χ0n) is 12.5. The molecule has 2 aromatic rings. The number of hydrogen-bond acceptors (Lipinski definition) is 3. The van der Waals surface area contributed by atoms with Crippen molar-refractivity contribution in [1.29, 1.82) is 0 Å². The standard InChI is InChI=1S/C17H11Cl2F3O3/c18-13-2-1-3-14(19)12(13)9-25-11-6-4-10(5-7-11)15(23)8-16(24)17(20,21)22/h1-8,23H,9H2. The van der Waals surface area contributed by atoms with E-state index in [0.29, 0.717) is 21.4 Å². The molecule has 0 saturated heterocycles. The van der Waals surface area contributed by atoms with Crippen molar-refractivity contribution in [2.75, 3.05) is 0 Å². The monoisotopic (exact) mass is 390 g/mol. The van der Waals surface area contributed by atoms with Crippen LogP contribution in [0.15, 0.2) is 48.5 Å². The first kappa shape index (κ1) is 19.1. The molecule has 0 saturated carbocycles. The quantitative estimate of drug-likeness (QED) is 0.533. The fourth-order valence-electron chi connectivity index (χ4n) is 1.84. The predicted molar refractivity (Wildman–Crippen MR) is 88.9 cm³/mol. The normalized spacial score (nSPS) is 12.1. The topological polar surface area (TPSA) is 46.5 Å². The summed E-state index contributed by atoms with van der Waals surface area (Å²) in [5.41, 5.74) is 0.633. The van der Waals surface area contributed by atoms with E-state index in [1.165, 1.54) is 24.3 Å². The van der Waals surface area contributed by atoms with Gasteiger partial charge in [-0.05, 0) is 36.4 Å². The van der Waals surface area contributed by atoms with E-state index >= 15 is 0 Å². The summed E-state index contributed by atoms with van der Waals surface area (Å²) in [6, 6.07) is 10.5. The van der Waals surface area contributed by atoms with Gasteiger partial charge in [0.25, 0.3) is 5.78 Å². The maximum Gasteiger partial charge on any atom is 0.454 e. The number of ketones is 1. The lowest BCUT2D eigenvalue weighted by atomic mass is 10.1.